The second-order valence-corrected chi connectivity index (χ2v) is 17.3. The first-order chi connectivity index (χ1) is 33.7. The molecule has 0 aliphatic rings. The van der Waals surface area contributed by atoms with Crippen molar-refractivity contribution in [1.29, 1.82) is 0 Å². The number of carbonyl (C=O) groups excluding carboxylic acids is 5. The van der Waals surface area contributed by atoms with Gasteiger partial charge in [0, 0.05) is 47.5 Å². The number of carbonyl (C=O) groups is 6. The highest BCUT2D eigenvalue weighted by atomic mass is 16.6. The van der Waals surface area contributed by atoms with Crippen LogP contribution in [0, 0.1) is 0 Å². The van der Waals surface area contributed by atoms with Gasteiger partial charge in [0.15, 0.2) is 0 Å². The van der Waals surface area contributed by atoms with Crippen LogP contribution in [0.1, 0.15) is 73.4 Å². The van der Waals surface area contributed by atoms with E-state index < -0.39 is 41.5 Å². The average molecular weight is 968 g/mol. The fraction of sp³-hybridized carbons (Fsp3) is 0.204. The number of aromatic carboxylic acids is 1. The van der Waals surface area contributed by atoms with Gasteiger partial charge in [0.05, 0.1) is 11.3 Å². The second kappa shape index (κ2) is 26.5. The van der Waals surface area contributed by atoms with Crippen LogP contribution < -0.4 is 31.2 Å². The fourth-order valence-corrected chi connectivity index (χ4v) is 5.80. The van der Waals surface area contributed by atoms with E-state index in [0.29, 0.717) is 34.0 Å². The van der Waals surface area contributed by atoms with E-state index in [1.54, 1.807) is 109 Å². The second-order valence-electron chi connectivity index (χ2n) is 17.3. The molecule has 370 valence electrons. The van der Waals surface area contributed by atoms with E-state index in [2.05, 4.69) is 33.0 Å². The van der Waals surface area contributed by atoms with Crippen molar-refractivity contribution in [2.75, 3.05) is 33.2 Å². The third kappa shape index (κ3) is 20.8. The largest absolute Gasteiger partial charge is 0.478 e. The molecule has 6 N–H and O–H groups in total. The van der Waals surface area contributed by atoms with Gasteiger partial charge >= 0.3 is 30.3 Å². The highest BCUT2D eigenvalue weighted by molar-refractivity contribution is 6.06. The standard InChI is InChI=1S/C27H29N3O5.C15H14N2O2.C12H15NO4/c1-27(2,3)35-26(33)28-21-15-13-20(14-16-21)24(31)30(4)23-12-8-11-22(17-23)29-25(32)34-18-19-9-6-5-7-10-19;1-16-13-8-5-9-14(10-13)17-15(18)19-11-12-6-3-2-4-7-12;1-12(2,3)17-11(16)13-9-6-4-8(5-7-9)10(14)15/h5-17H,18H2,1-4H3,(H,28,33)(H,29,32);2-10H,1,11H2,(H,17,18);4-7H,1-3H3,(H,13,16)(H,14,15)/p+1. The number of anilines is 5. The minimum Gasteiger partial charge on any atom is -0.478 e. The molecule has 0 atom stereocenters. The summed E-state index contributed by atoms with van der Waals surface area (Å²) >= 11 is 0. The Labute approximate surface area is 412 Å². The molecule has 17 nitrogen and oxygen atoms in total. The number of amides is 5. The summed E-state index contributed by atoms with van der Waals surface area (Å²) in [5, 5.41) is 19.2. The van der Waals surface area contributed by atoms with Crippen molar-refractivity contribution < 1.29 is 57.8 Å². The Morgan fingerprint density at radius 2 is 0.915 bits per heavy atom. The van der Waals surface area contributed by atoms with E-state index in [0.717, 1.165) is 16.8 Å². The lowest BCUT2D eigenvalue weighted by molar-refractivity contribution is -0.342. The fourth-order valence-electron chi connectivity index (χ4n) is 5.80. The highest BCUT2D eigenvalue weighted by Gasteiger charge is 2.19. The Hall–Kier alpha value is -8.99. The first-order valence-corrected chi connectivity index (χ1v) is 22.1. The summed E-state index contributed by atoms with van der Waals surface area (Å²) in [4.78, 5) is 74.9. The van der Waals surface area contributed by atoms with E-state index in [1.165, 1.54) is 29.2 Å². The zero-order chi connectivity index (χ0) is 52.0. The number of rotatable bonds is 12. The molecule has 5 amide bonds. The molecule has 0 heterocycles. The molecule has 0 bridgehead atoms. The number of benzene rings is 6. The van der Waals surface area contributed by atoms with Gasteiger partial charge in [-0.15, -0.1) is 0 Å². The van der Waals surface area contributed by atoms with Gasteiger partial charge in [0.2, 0.25) is 5.69 Å². The third-order valence-corrected chi connectivity index (χ3v) is 9.08. The number of nitrogens with zero attached hydrogens (tertiary/aromatic N) is 1. The van der Waals surface area contributed by atoms with Crippen molar-refractivity contribution in [3.05, 3.63) is 180 Å². The first kappa shape index (κ1) is 54.6. The number of carboxylic acid groups (broad SMARTS) is 1. The maximum atomic E-state index is 13.0. The molecule has 0 aromatic heterocycles. The zero-order valence-corrected chi connectivity index (χ0v) is 40.6. The minimum atomic E-state index is -1.01. The van der Waals surface area contributed by atoms with Crippen molar-refractivity contribution in [2.24, 2.45) is 0 Å². The number of ether oxygens (including phenoxy) is 4. The molecule has 0 saturated carbocycles. The lowest BCUT2D eigenvalue weighted by Gasteiger charge is -2.20. The van der Waals surface area contributed by atoms with Crippen LogP contribution in [0.15, 0.2) is 158 Å². The lowest BCUT2D eigenvalue weighted by Crippen LogP contribution is -2.57. The Bertz CT molecular complexity index is 2720. The summed E-state index contributed by atoms with van der Waals surface area (Å²) in [7, 11) is 1.64. The van der Waals surface area contributed by atoms with Gasteiger partial charge in [-0.25, -0.2) is 29.0 Å². The average Bonchev–Trinajstić information content (AvgIpc) is 3.32. The molecule has 0 unspecified atom stereocenters. The predicted molar refractivity (Wildman–Crippen MR) is 273 cm³/mol. The maximum Gasteiger partial charge on any atom is 0.412 e. The van der Waals surface area contributed by atoms with Gasteiger partial charge in [0.1, 0.15) is 31.1 Å². The van der Waals surface area contributed by atoms with E-state index in [-0.39, 0.29) is 24.7 Å². The van der Waals surface area contributed by atoms with Crippen molar-refractivity contribution in [3.63, 3.8) is 0 Å². The van der Waals surface area contributed by atoms with Crippen LogP contribution in [-0.2, 0) is 32.2 Å². The van der Waals surface area contributed by atoms with E-state index >= 15 is 0 Å². The van der Waals surface area contributed by atoms with Crippen LogP contribution in [0.4, 0.5) is 53.3 Å². The smallest absolute Gasteiger partial charge is 0.412 e. The Morgan fingerprint density at radius 1 is 0.507 bits per heavy atom. The molecule has 17 heteroatoms. The molecule has 6 aromatic carbocycles. The highest BCUT2D eigenvalue weighted by Crippen LogP contribution is 2.22. The minimum absolute atomic E-state index is 0.156. The summed E-state index contributed by atoms with van der Waals surface area (Å²) in [5.74, 6) is -1.26. The van der Waals surface area contributed by atoms with Crippen LogP contribution in [-0.4, -0.2) is 66.3 Å². The van der Waals surface area contributed by atoms with Crippen LogP contribution >= 0.6 is 0 Å². The zero-order valence-electron chi connectivity index (χ0n) is 40.6. The molecule has 0 aliphatic heterocycles. The quantitative estimate of drug-likeness (QED) is 0.0500. The van der Waals surface area contributed by atoms with Crippen LogP contribution in [0.5, 0.6) is 0 Å². The monoisotopic (exact) mass is 967 g/mol. The molecule has 0 aliphatic carbocycles. The van der Waals surface area contributed by atoms with E-state index in [9.17, 15) is 28.8 Å². The molecular formula is C54H59N6O11+. The first-order valence-electron chi connectivity index (χ1n) is 22.1. The Morgan fingerprint density at radius 3 is 1.34 bits per heavy atom. The van der Waals surface area contributed by atoms with Crippen molar-refractivity contribution >= 4 is 77.1 Å². The third-order valence-electron chi connectivity index (χ3n) is 9.08. The predicted octanol–water partition coefficient (Wildman–Crippen LogP) is 10.6. The van der Waals surface area contributed by atoms with Gasteiger partial charge < -0.3 is 29.0 Å². The van der Waals surface area contributed by atoms with Gasteiger partial charge in [-0.2, -0.15) is 0 Å². The summed E-state index contributed by atoms with van der Waals surface area (Å²) in [6.45, 7) is 14.6. The van der Waals surface area contributed by atoms with Gasteiger partial charge in [-0.3, -0.25) is 26.1 Å². The summed E-state index contributed by atoms with van der Waals surface area (Å²) in [5.41, 5.74) is 4.83. The number of nitrogens with one attached hydrogen (secondary N) is 5. The summed E-state index contributed by atoms with van der Waals surface area (Å²) in [6.07, 6.45) is -2.21. The van der Waals surface area contributed by atoms with Crippen LogP contribution in [0.2, 0.25) is 0 Å². The summed E-state index contributed by atoms with van der Waals surface area (Å²) < 4.78 is 20.6. The molecule has 0 spiro atoms. The number of carboxylic acids is 1. The molecule has 71 heavy (non-hydrogen) atoms. The normalized spacial score (nSPS) is 10.5. The van der Waals surface area contributed by atoms with Crippen LogP contribution in [0.3, 0.4) is 0 Å². The Kier molecular flexibility index (Phi) is 20.4. The SMILES string of the molecule is C=[NH+]c1cccc(NC(=O)OCc2ccccc2)c1.CC(C)(C)OC(=O)Nc1ccc(C(=O)O)cc1.CN(C(=O)c1ccc(NC(=O)OC(C)(C)C)cc1)c1cccc(NC(=O)OCc2ccccc2)c1. The lowest BCUT2D eigenvalue weighted by atomic mass is 10.1. The molecule has 0 radical (unpaired) electrons. The number of hydrogen-bond acceptors (Lipinski definition) is 10. The van der Waals surface area contributed by atoms with E-state index in [4.69, 9.17) is 24.1 Å². The molecule has 0 saturated heterocycles. The van der Waals surface area contributed by atoms with Gasteiger partial charge in [-0.05, 0) is 125 Å². The molecule has 6 aromatic rings. The van der Waals surface area contributed by atoms with Crippen molar-refractivity contribution in [3.8, 4) is 0 Å². The molecule has 6 rings (SSSR count). The molecule has 0 fully saturated rings. The van der Waals surface area contributed by atoms with E-state index in [1.807, 2.05) is 72.8 Å². The van der Waals surface area contributed by atoms with Crippen molar-refractivity contribution in [1.82, 2.24) is 0 Å². The van der Waals surface area contributed by atoms with Crippen LogP contribution in [0.25, 0.3) is 0 Å². The Balaban J connectivity index is 0.000000256. The maximum absolute atomic E-state index is 13.0. The van der Waals surface area contributed by atoms with Gasteiger partial charge in [0.25, 0.3) is 5.91 Å². The van der Waals surface area contributed by atoms with Gasteiger partial charge in [-0.1, -0.05) is 72.8 Å². The number of hydrogen-bond donors (Lipinski definition) is 6. The molecular weight excluding hydrogens is 909 g/mol. The topological polar surface area (TPSA) is 225 Å². The van der Waals surface area contributed by atoms with Crippen molar-refractivity contribution in [2.45, 2.75) is 66.0 Å². The summed E-state index contributed by atoms with van der Waals surface area (Å²) in [6, 6.07) is 45.4.